The van der Waals surface area contributed by atoms with E-state index < -0.39 is 5.92 Å². The Bertz CT molecular complexity index is 384. The number of nitriles is 2. The lowest BCUT2D eigenvalue weighted by Gasteiger charge is -2.07. The number of hydrogen-bond acceptors (Lipinski definition) is 2. The molecule has 68 valence electrons. The summed E-state index contributed by atoms with van der Waals surface area (Å²) >= 11 is 0. The van der Waals surface area contributed by atoms with E-state index in [0.717, 1.165) is 12.8 Å². The molecule has 2 rings (SSSR count). The molecular weight excluding hydrogens is 172 g/mol. The van der Waals surface area contributed by atoms with Crippen LogP contribution in [0.5, 0.6) is 0 Å². The summed E-state index contributed by atoms with van der Waals surface area (Å²) in [5.74, 6) is -0.259. The Morgan fingerprint density at radius 3 is 2.00 bits per heavy atom. The molecule has 2 heteroatoms. The van der Waals surface area contributed by atoms with Gasteiger partial charge in [-0.3, -0.25) is 0 Å². The summed E-state index contributed by atoms with van der Waals surface area (Å²) in [5, 5.41) is 17.6. The van der Waals surface area contributed by atoms with Crippen LogP contribution < -0.4 is 0 Å². The number of benzene rings is 1. The zero-order chi connectivity index (χ0) is 9.97. The van der Waals surface area contributed by atoms with E-state index in [2.05, 4.69) is 24.3 Å². The molecule has 0 saturated carbocycles. The maximum Gasteiger partial charge on any atom is 0.136 e. The summed E-state index contributed by atoms with van der Waals surface area (Å²) in [6, 6.07) is 12.3. The molecule has 0 spiro atoms. The van der Waals surface area contributed by atoms with Crippen molar-refractivity contribution in [3.63, 3.8) is 0 Å². The van der Waals surface area contributed by atoms with Crippen molar-refractivity contribution in [2.45, 2.75) is 12.8 Å². The van der Waals surface area contributed by atoms with Gasteiger partial charge < -0.3 is 0 Å². The lowest BCUT2D eigenvalue weighted by atomic mass is 9.92. The molecule has 0 bridgehead atoms. The van der Waals surface area contributed by atoms with Gasteiger partial charge in [0.05, 0.1) is 12.1 Å². The van der Waals surface area contributed by atoms with Gasteiger partial charge in [0.15, 0.2) is 0 Å². The second kappa shape index (κ2) is 3.52. The van der Waals surface area contributed by atoms with Crippen LogP contribution in [0.1, 0.15) is 11.1 Å². The maximum atomic E-state index is 8.79. The summed E-state index contributed by atoms with van der Waals surface area (Å²) in [6.45, 7) is 0. The third kappa shape index (κ3) is 1.36. The Balaban J connectivity index is 2.21. The van der Waals surface area contributed by atoms with Crippen molar-refractivity contribution in [1.29, 1.82) is 10.5 Å². The van der Waals surface area contributed by atoms with Gasteiger partial charge in [-0.1, -0.05) is 24.3 Å². The molecule has 0 unspecified atom stereocenters. The van der Waals surface area contributed by atoms with E-state index in [0.29, 0.717) is 0 Å². The van der Waals surface area contributed by atoms with Crippen LogP contribution in [-0.2, 0) is 12.8 Å². The molecule has 0 atom stereocenters. The van der Waals surface area contributed by atoms with Gasteiger partial charge >= 0.3 is 0 Å². The normalized spacial score (nSPS) is 14.8. The third-order valence-corrected chi connectivity index (χ3v) is 2.83. The van der Waals surface area contributed by atoms with Crippen molar-refractivity contribution in [2.24, 2.45) is 11.8 Å². The van der Waals surface area contributed by atoms with Crippen LogP contribution in [0.3, 0.4) is 0 Å². The summed E-state index contributed by atoms with van der Waals surface area (Å²) in [4.78, 5) is 0. The molecule has 1 aliphatic rings. The van der Waals surface area contributed by atoms with Crippen LogP contribution in [0, 0.1) is 34.5 Å². The van der Waals surface area contributed by atoms with Gasteiger partial charge in [-0.25, -0.2) is 0 Å². The van der Waals surface area contributed by atoms with Crippen LogP contribution in [0.25, 0.3) is 0 Å². The molecule has 1 aromatic carbocycles. The van der Waals surface area contributed by atoms with E-state index in [1.807, 2.05) is 12.1 Å². The van der Waals surface area contributed by atoms with Gasteiger partial charge in [0.1, 0.15) is 5.92 Å². The Labute approximate surface area is 83.4 Å². The first-order valence-corrected chi connectivity index (χ1v) is 4.71. The van der Waals surface area contributed by atoms with E-state index in [1.54, 1.807) is 0 Å². The Morgan fingerprint density at radius 1 is 1.07 bits per heavy atom. The Morgan fingerprint density at radius 2 is 1.57 bits per heavy atom. The van der Waals surface area contributed by atoms with Crippen LogP contribution in [0.4, 0.5) is 0 Å². The first-order chi connectivity index (χ1) is 6.85. The smallest absolute Gasteiger partial charge is 0.136 e. The minimum Gasteiger partial charge on any atom is -0.197 e. The monoisotopic (exact) mass is 182 g/mol. The fourth-order valence-electron chi connectivity index (χ4n) is 2.07. The number of fused-ring (bicyclic) bond motifs is 1. The van der Waals surface area contributed by atoms with Crippen LogP contribution in [0.2, 0.25) is 0 Å². The highest BCUT2D eigenvalue weighted by molar-refractivity contribution is 5.33. The summed E-state index contributed by atoms with van der Waals surface area (Å²) < 4.78 is 0. The molecule has 0 N–H and O–H groups in total. The van der Waals surface area contributed by atoms with Gasteiger partial charge in [0.2, 0.25) is 0 Å². The van der Waals surface area contributed by atoms with Crippen molar-refractivity contribution in [3.05, 3.63) is 35.4 Å². The molecule has 0 radical (unpaired) electrons. The van der Waals surface area contributed by atoms with Gasteiger partial charge in [0, 0.05) is 0 Å². The van der Waals surface area contributed by atoms with E-state index >= 15 is 0 Å². The van der Waals surface area contributed by atoms with Crippen molar-refractivity contribution < 1.29 is 0 Å². The molecule has 2 nitrogen and oxygen atoms in total. The van der Waals surface area contributed by atoms with Crippen molar-refractivity contribution in [3.8, 4) is 12.1 Å². The average Bonchev–Trinajstić information content (AvgIpc) is 2.63. The second-order valence-corrected chi connectivity index (χ2v) is 3.67. The zero-order valence-electron chi connectivity index (χ0n) is 7.77. The molecule has 0 fully saturated rings. The van der Waals surface area contributed by atoms with Crippen LogP contribution in [-0.4, -0.2) is 0 Å². The average molecular weight is 182 g/mol. The topological polar surface area (TPSA) is 47.6 Å². The van der Waals surface area contributed by atoms with Crippen molar-refractivity contribution in [1.82, 2.24) is 0 Å². The lowest BCUT2D eigenvalue weighted by Crippen LogP contribution is -2.11. The molecule has 0 saturated heterocycles. The number of rotatable bonds is 1. The highest BCUT2D eigenvalue weighted by Crippen LogP contribution is 2.30. The van der Waals surface area contributed by atoms with Gasteiger partial charge in [-0.2, -0.15) is 10.5 Å². The van der Waals surface area contributed by atoms with Crippen LogP contribution >= 0.6 is 0 Å². The fourth-order valence-corrected chi connectivity index (χ4v) is 2.07. The predicted molar refractivity (Wildman–Crippen MR) is 52.1 cm³/mol. The van der Waals surface area contributed by atoms with E-state index in [9.17, 15) is 0 Å². The number of nitrogens with zero attached hydrogens (tertiary/aromatic N) is 2. The minimum atomic E-state index is -0.456. The van der Waals surface area contributed by atoms with E-state index in [1.165, 1.54) is 11.1 Å². The first kappa shape index (κ1) is 8.78. The predicted octanol–water partition coefficient (Wildman–Crippen LogP) is 2.06. The quantitative estimate of drug-likeness (QED) is 0.667. The highest BCUT2D eigenvalue weighted by Gasteiger charge is 2.28. The van der Waals surface area contributed by atoms with E-state index in [4.69, 9.17) is 10.5 Å². The summed E-state index contributed by atoms with van der Waals surface area (Å²) in [5.41, 5.74) is 2.60. The molecule has 0 heterocycles. The summed E-state index contributed by atoms with van der Waals surface area (Å²) in [6.07, 6.45) is 1.75. The van der Waals surface area contributed by atoms with Crippen molar-refractivity contribution in [2.75, 3.05) is 0 Å². The van der Waals surface area contributed by atoms with E-state index in [-0.39, 0.29) is 5.92 Å². The SMILES string of the molecule is N#CC(C#N)C1Cc2ccccc2C1. The Hall–Kier alpha value is -1.80. The standard InChI is InChI=1S/C12H10N2/c13-7-12(8-14)11-5-9-3-1-2-4-10(9)6-11/h1-4,11-12H,5-6H2. The zero-order valence-corrected chi connectivity index (χ0v) is 7.77. The first-order valence-electron chi connectivity index (χ1n) is 4.71. The second-order valence-electron chi connectivity index (χ2n) is 3.67. The molecule has 0 amide bonds. The molecule has 0 aromatic heterocycles. The third-order valence-electron chi connectivity index (χ3n) is 2.83. The van der Waals surface area contributed by atoms with Gasteiger partial charge in [0.25, 0.3) is 0 Å². The van der Waals surface area contributed by atoms with Gasteiger partial charge in [-0.15, -0.1) is 0 Å². The maximum absolute atomic E-state index is 8.79. The molecular formula is C12H10N2. The fraction of sp³-hybridized carbons (Fsp3) is 0.333. The molecule has 1 aliphatic carbocycles. The van der Waals surface area contributed by atoms with Gasteiger partial charge in [-0.05, 0) is 29.9 Å². The minimum absolute atomic E-state index is 0.197. The Kier molecular flexibility index (Phi) is 2.21. The molecule has 1 aromatic rings. The summed E-state index contributed by atoms with van der Waals surface area (Å²) in [7, 11) is 0. The molecule has 14 heavy (non-hydrogen) atoms. The van der Waals surface area contributed by atoms with Crippen LogP contribution in [0.15, 0.2) is 24.3 Å². The number of hydrogen-bond donors (Lipinski definition) is 0. The van der Waals surface area contributed by atoms with Crippen molar-refractivity contribution >= 4 is 0 Å². The molecule has 0 aliphatic heterocycles. The largest absolute Gasteiger partial charge is 0.197 e. The highest BCUT2D eigenvalue weighted by atomic mass is 14.4. The lowest BCUT2D eigenvalue weighted by molar-refractivity contribution is 0.496.